The SMILES string of the molecule is N#Cc1ccnc(CN)c1OC1CC1. The van der Waals surface area contributed by atoms with E-state index in [0.717, 1.165) is 12.8 Å². The highest BCUT2D eigenvalue weighted by atomic mass is 16.5. The van der Waals surface area contributed by atoms with Crippen molar-refractivity contribution in [2.45, 2.75) is 25.5 Å². The topological polar surface area (TPSA) is 71.9 Å². The van der Waals surface area contributed by atoms with Crippen molar-refractivity contribution in [3.05, 3.63) is 23.5 Å². The molecule has 0 aromatic carbocycles. The molecular weight excluding hydrogens is 178 g/mol. The van der Waals surface area contributed by atoms with Gasteiger partial charge in [0.25, 0.3) is 0 Å². The van der Waals surface area contributed by atoms with Crippen molar-refractivity contribution in [1.82, 2.24) is 4.98 Å². The normalized spacial score (nSPS) is 14.9. The Morgan fingerprint density at radius 1 is 1.64 bits per heavy atom. The van der Waals surface area contributed by atoms with Crippen LogP contribution in [0.3, 0.4) is 0 Å². The maximum absolute atomic E-state index is 8.87. The molecular formula is C10H11N3O. The van der Waals surface area contributed by atoms with Gasteiger partial charge in [-0.05, 0) is 18.9 Å². The van der Waals surface area contributed by atoms with E-state index in [1.165, 1.54) is 0 Å². The molecule has 1 heterocycles. The second-order valence-electron chi connectivity index (χ2n) is 3.27. The summed E-state index contributed by atoms with van der Waals surface area (Å²) in [5.74, 6) is 0.569. The van der Waals surface area contributed by atoms with Gasteiger partial charge in [-0.2, -0.15) is 5.26 Å². The van der Waals surface area contributed by atoms with Crippen LogP contribution in [0.2, 0.25) is 0 Å². The predicted octanol–water partition coefficient (Wildman–Crippen LogP) is 0.953. The average Bonchev–Trinajstić information content (AvgIpc) is 3.02. The van der Waals surface area contributed by atoms with Crippen LogP contribution in [0, 0.1) is 11.3 Å². The highest BCUT2D eigenvalue weighted by Gasteiger charge is 2.26. The Bertz CT molecular complexity index is 379. The van der Waals surface area contributed by atoms with E-state index in [2.05, 4.69) is 11.1 Å². The number of nitrogens with zero attached hydrogens (tertiary/aromatic N) is 2. The van der Waals surface area contributed by atoms with Gasteiger partial charge in [-0.15, -0.1) is 0 Å². The Balaban J connectivity index is 2.35. The number of aromatic nitrogens is 1. The maximum Gasteiger partial charge on any atom is 0.160 e. The van der Waals surface area contributed by atoms with E-state index in [-0.39, 0.29) is 6.10 Å². The highest BCUT2D eigenvalue weighted by molar-refractivity contribution is 5.45. The fourth-order valence-electron chi connectivity index (χ4n) is 1.21. The summed E-state index contributed by atoms with van der Waals surface area (Å²) in [6.07, 6.45) is 3.96. The van der Waals surface area contributed by atoms with E-state index in [4.69, 9.17) is 15.7 Å². The lowest BCUT2D eigenvalue weighted by molar-refractivity contribution is 0.297. The van der Waals surface area contributed by atoms with Crippen LogP contribution in [0.5, 0.6) is 5.75 Å². The van der Waals surface area contributed by atoms with Crippen molar-refractivity contribution in [2.75, 3.05) is 0 Å². The van der Waals surface area contributed by atoms with E-state index < -0.39 is 0 Å². The summed E-state index contributed by atoms with van der Waals surface area (Å²) in [6, 6.07) is 3.73. The second kappa shape index (κ2) is 3.64. The first-order chi connectivity index (χ1) is 6.85. The van der Waals surface area contributed by atoms with Gasteiger partial charge < -0.3 is 10.5 Å². The zero-order chi connectivity index (χ0) is 9.97. The first-order valence-corrected chi connectivity index (χ1v) is 4.60. The molecule has 1 aliphatic carbocycles. The molecule has 0 radical (unpaired) electrons. The lowest BCUT2D eigenvalue weighted by atomic mass is 10.2. The first kappa shape index (κ1) is 8.97. The molecule has 4 nitrogen and oxygen atoms in total. The van der Waals surface area contributed by atoms with Gasteiger partial charge in [0.15, 0.2) is 5.75 Å². The van der Waals surface area contributed by atoms with Crippen molar-refractivity contribution in [3.63, 3.8) is 0 Å². The molecule has 0 spiro atoms. The fourth-order valence-corrected chi connectivity index (χ4v) is 1.21. The zero-order valence-corrected chi connectivity index (χ0v) is 7.73. The van der Waals surface area contributed by atoms with Crippen molar-refractivity contribution < 1.29 is 4.74 Å². The summed E-state index contributed by atoms with van der Waals surface area (Å²) in [7, 11) is 0. The van der Waals surface area contributed by atoms with Crippen LogP contribution in [-0.4, -0.2) is 11.1 Å². The Kier molecular flexibility index (Phi) is 2.33. The Morgan fingerprint density at radius 3 is 3.00 bits per heavy atom. The van der Waals surface area contributed by atoms with Crippen LogP contribution < -0.4 is 10.5 Å². The lowest BCUT2D eigenvalue weighted by Crippen LogP contribution is -2.07. The van der Waals surface area contributed by atoms with Gasteiger partial charge in [-0.1, -0.05) is 0 Å². The van der Waals surface area contributed by atoms with Gasteiger partial charge in [0.1, 0.15) is 6.07 Å². The number of hydrogen-bond donors (Lipinski definition) is 1. The van der Waals surface area contributed by atoms with Crippen molar-refractivity contribution >= 4 is 0 Å². The largest absolute Gasteiger partial charge is 0.487 e. The molecule has 1 saturated carbocycles. The lowest BCUT2D eigenvalue weighted by Gasteiger charge is -2.09. The zero-order valence-electron chi connectivity index (χ0n) is 7.73. The highest BCUT2D eigenvalue weighted by Crippen LogP contribution is 2.30. The standard InChI is InChI=1S/C10H11N3O/c11-5-7-3-4-13-9(6-12)10(7)14-8-1-2-8/h3-4,8H,1-2,6,12H2. The summed E-state index contributed by atoms with van der Waals surface area (Å²) in [5, 5.41) is 8.87. The minimum atomic E-state index is 0.261. The summed E-state index contributed by atoms with van der Waals surface area (Å²) in [5.41, 5.74) is 6.70. The molecule has 72 valence electrons. The molecule has 1 fully saturated rings. The van der Waals surface area contributed by atoms with Crippen molar-refractivity contribution in [2.24, 2.45) is 5.73 Å². The van der Waals surface area contributed by atoms with Crippen LogP contribution >= 0.6 is 0 Å². The van der Waals surface area contributed by atoms with Crippen LogP contribution in [0.15, 0.2) is 12.3 Å². The van der Waals surface area contributed by atoms with E-state index in [9.17, 15) is 0 Å². The Hall–Kier alpha value is -1.60. The van der Waals surface area contributed by atoms with Crippen molar-refractivity contribution in [1.29, 1.82) is 5.26 Å². The minimum Gasteiger partial charge on any atom is -0.487 e. The minimum absolute atomic E-state index is 0.261. The van der Waals surface area contributed by atoms with Gasteiger partial charge in [-0.3, -0.25) is 4.98 Å². The number of nitriles is 1. The van der Waals surface area contributed by atoms with E-state index in [1.807, 2.05) is 0 Å². The molecule has 1 aromatic heterocycles. The third kappa shape index (κ3) is 1.68. The molecule has 1 aliphatic rings. The number of nitrogens with two attached hydrogens (primary N) is 1. The van der Waals surface area contributed by atoms with Gasteiger partial charge in [0, 0.05) is 12.7 Å². The monoisotopic (exact) mass is 189 g/mol. The molecule has 0 amide bonds. The molecule has 4 heteroatoms. The Labute approximate surface area is 82.3 Å². The number of hydrogen-bond acceptors (Lipinski definition) is 4. The molecule has 0 aliphatic heterocycles. The first-order valence-electron chi connectivity index (χ1n) is 4.60. The molecule has 1 aromatic rings. The van der Waals surface area contributed by atoms with Crippen LogP contribution in [0.4, 0.5) is 0 Å². The average molecular weight is 189 g/mol. The summed E-state index contributed by atoms with van der Waals surface area (Å²) in [6.45, 7) is 0.303. The molecule has 0 atom stereocenters. The smallest absolute Gasteiger partial charge is 0.160 e. The van der Waals surface area contributed by atoms with Crippen LogP contribution in [0.25, 0.3) is 0 Å². The van der Waals surface area contributed by atoms with Crippen LogP contribution in [-0.2, 0) is 6.54 Å². The maximum atomic E-state index is 8.87. The van der Waals surface area contributed by atoms with E-state index >= 15 is 0 Å². The molecule has 0 bridgehead atoms. The second-order valence-corrected chi connectivity index (χ2v) is 3.27. The summed E-state index contributed by atoms with van der Waals surface area (Å²) in [4.78, 5) is 4.09. The fraction of sp³-hybridized carbons (Fsp3) is 0.400. The molecule has 2 rings (SSSR count). The van der Waals surface area contributed by atoms with E-state index in [0.29, 0.717) is 23.6 Å². The van der Waals surface area contributed by atoms with E-state index in [1.54, 1.807) is 12.3 Å². The third-order valence-electron chi connectivity index (χ3n) is 2.10. The van der Waals surface area contributed by atoms with Crippen LogP contribution in [0.1, 0.15) is 24.1 Å². The number of pyridine rings is 1. The van der Waals surface area contributed by atoms with Gasteiger partial charge >= 0.3 is 0 Å². The molecule has 0 unspecified atom stereocenters. The van der Waals surface area contributed by atoms with Crippen molar-refractivity contribution in [3.8, 4) is 11.8 Å². The quantitative estimate of drug-likeness (QED) is 0.768. The summed E-state index contributed by atoms with van der Waals surface area (Å²) >= 11 is 0. The number of rotatable bonds is 3. The summed E-state index contributed by atoms with van der Waals surface area (Å²) < 4.78 is 5.60. The van der Waals surface area contributed by atoms with Gasteiger partial charge in [-0.25, -0.2) is 0 Å². The number of ether oxygens (including phenoxy) is 1. The Morgan fingerprint density at radius 2 is 2.43 bits per heavy atom. The molecule has 14 heavy (non-hydrogen) atoms. The third-order valence-corrected chi connectivity index (χ3v) is 2.10. The molecule has 2 N–H and O–H groups in total. The van der Waals surface area contributed by atoms with Gasteiger partial charge in [0.05, 0.1) is 17.4 Å². The predicted molar refractivity (Wildman–Crippen MR) is 50.5 cm³/mol. The van der Waals surface area contributed by atoms with Gasteiger partial charge in [0.2, 0.25) is 0 Å². The molecule has 0 saturated heterocycles.